The van der Waals surface area contributed by atoms with Crippen LogP contribution in [0, 0.1) is 0 Å². The zero-order valence-electron chi connectivity index (χ0n) is 14.1. The first-order valence-electron chi connectivity index (χ1n) is 8.29. The number of aryl methyl sites for hydroxylation is 3. The van der Waals surface area contributed by atoms with Gasteiger partial charge in [-0.25, -0.2) is 4.57 Å². The van der Waals surface area contributed by atoms with Gasteiger partial charge >= 0.3 is 6.18 Å². The number of pyridine rings is 1. The van der Waals surface area contributed by atoms with E-state index < -0.39 is 11.7 Å². The third-order valence-corrected chi connectivity index (χ3v) is 4.69. The summed E-state index contributed by atoms with van der Waals surface area (Å²) in [4.78, 5) is 0. The van der Waals surface area contributed by atoms with Gasteiger partial charge in [-0.3, -0.25) is 0 Å². The van der Waals surface area contributed by atoms with E-state index in [1.54, 1.807) is 12.1 Å². The normalized spacial score (nSPS) is 13.4. The maximum Gasteiger partial charge on any atom is 0.416 e. The highest BCUT2D eigenvalue weighted by atomic mass is 19.4. The monoisotopic (exact) mass is 360 g/mol. The van der Waals surface area contributed by atoms with Crippen molar-refractivity contribution in [3.63, 3.8) is 0 Å². The van der Waals surface area contributed by atoms with Gasteiger partial charge in [0.2, 0.25) is 6.79 Å². The van der Waals surface area contributed by atoms with Crippen molar-refractivity contribution in [3.05, 3.63) is 65.5 Å². The van der Waals surface area contributed by atoms with E-state index in [-0.39, 0.29) is 6.79 Å². The minimum Gasteiger partial charge on any atom is -0.454 e. The van der Waals surface area contributed by atoms with Crippen LogP contribution in [-0.4, -0.2) is 6.79 Å². The van der Waals surface area contributed by atoms with Crippen LogP contribution in [0.1, 0.15) is 16.8 Å². The van der Waals surface area contributed by atoms with Crippen LogP contribution >= 0.6 is 0 Å². The van der Waals surface area contributed by atoms with Crippen molar-refractivity contribution in [2.45, 2.75) is 19.0 Å². The maximum atomic E-state index is 12.7. The topological polar surface area (TPSA) is 22.3 Å². The molecule has 0 radical (unpaired) electrons. The van der Waals surface area contributed by atoms with E-state index in [9.17, 15) is 13.2 Å². The van der Waals surface area contributed by atoms with Gasteiger partial charge in [0.15, 0.2) is 23.4 Å². The molecule has 0 aliphatic carbocycles. The Hall–Kier alpha value is -2.76. The first-order chi connectivity index (χ1) is 12.4. The molecule has 1 aliphatic rings. The minimum atomic E-state index is -4.30. The Morgan fingerprint density at radius 1 is 0.962 bits per heavy atom. The quantitative estimate of drug-likeness (QED) is 0.654. The molecule has 0 fully saturated rings. The van der Waals surface area contributed by atoms with Crippen molar-refractivity contribution in [2.24, 2.45) is 7.05 Å². The molecule has 0 atom stereocenters. The van der Waals surface area contributed by atoms with Crippen LogP contribution in [0.2, 0.25) is 0 Å². The average Bonchev–Trinajstić information content (AvgIpc) is 3.06. The number of nitrogens with zero attached hydrogens (tertiary/aromatic N) is 1. The number of halogens is 3. The number of fused-ring (bicyclic) bond motifs is 2. The number of hydrogen-bond donors (Lipinski definition) is 0. The second kappa shape index (κ2) is 6.20. The lowest BCUT2D eigenvalue weighted by Gasteiger charge is -2.08. The van der Waals surface area contributed by atoms with Crippen LogP contribution in [-0.2, 0) is 26.1 Å². The maximum absolute atomic E-state index is 12.7. The Morgan fingerprint density at radius 2 is 1.65 bits per heavy atom. The standard InChI is InChI=1S/C20H17F3NO2/c1-24-9-8-14-10-18-19(26-12-25-18)11-16(14)17(24)7-4-13-2-5-15(6-3-13)20(21,22)23/h2-3,5-6,8-11H,4,7,12H2,1H3/q+1. The van der Waals surface area contributed by atoms with Crippen LogP contribution in [0.4, 0.5) is 13.2 Å². The molecule has 134 valence electrons. The third-order valence-electron chi connectivity index (χ3n) is 4.69. The molecular formula is C20H17F3NO2+. The molecule has 0 bridgehead atoms. The van der Waals surface area contributed by atoms with Gasteiger partial charge in [0.1, 0.15) is 7.05 Å². The molecule has 0 N–H and O–H groups in total. The van der Waals surface area contributed by atoms with Crippen LogP contribution in [0.15, 0.2) is 48.7 Å². The summed E-state index contributed by atoms with van der Waals surface area (Å²) >= 11 is 0. The Balaban J connectivity index is 1.62. The molecule has 26 heavy (non-hydrogen) atoms. The summed E-state index contributed by atoms with van der Waals surface area (Å²) in [5, 5.41) is 2.11. The summed E-state index contributed by atoms with van der Waals surface area (Å²) in [7, 11) is 1.96. The fourth-order valence-corrected chi connectivity index (χ4v) is 3.25. The van der Waals surface area contributed by atoms with Crippen molar-refractivity contribution in [3.8, 4) is 11.5 Å². The van der Waals surface area contributed by atoms with Gasteiger partial charge in [0.05, 0.1) is 10.9 Å². The highest BCUT2D eigenvalue weighted by Crippen LogP contribution is 2.36. The van der Waals surface area contributed by atoms with Gasteiger partial charge < -0.3 is 9.47 Å². The SMILES string of the molecule is C[n+]1ccc2cc3c(cc2c1CCc1ccc(C(F)(F)F)cc1)OCO3. The molecule has 2 heterocycles. The van der Waals surface area contributed by atoms with Gasteiger partial charge in [-0.2, -0.15) is 13.2 Å². The van der Waals surface area contributed by atoms with E-state index >= 15 is 0 Å². The van der Waals surface area contributed by atoms with Gasteiger partial charge in [-0.15, -0.1) is 0 Å². The summed E-state index contributed by atoms with van der Waals surface area (Å²) in [6.45, 7) is 0.221. The minimum absolute atomic E-state index is 0.221. The average molecular weight is 360 g/mol. The Labute approximate surface area is 148 Å². The largest absolute Gasteiger partial charge is 0.454 e. The molecular weight excluding hydrogens is 343 g/mol. The van der Waals surface area contributed by atoms with Crippen molar-refractivity contribution in [1.82, 2.24) is 0 Å². The van der Waals surface area contributed by atoms with Crippen LogP contribution < -0.4 is 14.0 Å². The fraction of sp³-hybridized carbons (Fsp3) is 0.250. The number of benzene rings is 2. The number of ether oxygens (including phenoxy) is 2. The zero-order valence-corrected chi connectivity index (χ0v) is 14.1. The lowest BCUT2D eigenvalue weighted by Crippen LogP contribution is -2.33. The molecule has 0 spiro atoms. The Kier molecular flexibility index (Phi) is 3.98. The number of aromatic nitrogens is 1. The third kappa shape index (κ3) is 3.07. The molecule has 3 nitrogen and oxygen atoms in total. The van der Waals surface area contributed by atoms with Crippen molar-refractivity contribution in [2.75, 3.05) is 6.79 Å². The molecule has 1 aliphatic heterocycles. The predicted octanol–water partition coefficient (Wildman–Crippen LogP) is 4.20. The molecule has 0 unspecified atom stereocenters. The van der Waals surface area contributed by atoms with E-state index in [0.717, 1.165) is 45.7 Å². The summed E-state index contributed by atoms with van der Waals surface area (Å²) in [5.74, 6) is 1.46. The van der Waals surface area contributed by atoms with E-state index in [1.807, 2.05) is 36.0 Å². The smallest absolute Gasteiger partial charge is 0.416 e. The molecule has 2 aromatic carbocycles. The fourth-order valence-electron chi connectivity index (χ4n) is 3.25. The van der Waals surface area contributed by atoms with Crippen LogP contribution in [0.25, 0.3) is 10.8 Å². The number of alkyl halides is 3. The zero-order chi connectivity index (χ0) is 18.3. The Bertz CT molecular complexity index is 965. The van der Waals surface area contributed by atoms with Crippen LogP contribution in [0.5, 0.6) is 11.5 Å². The highest BCUT2D eigenvalue weighted by molar-refractivity contribution is 5.87. The molecule has 3 aromatic rings. The molecule has 0 saturated heterocycles. The van der Waals surface area contributed by atoms with E-state index in [4.69, 9.17) is 9.47 Å². The first-order valence-corrected chi connectivity index (χ1v) is 8.29. The lowest BCUT2D eigenvalue weighted by molar-refractivity contribution is -0.677. The van der Waals surface area contributed by atoms with Crippen molar-refractivity contribution in [1.29, 1.82) is 0 Å². The van der Waals surface area contributed by atoms with E-state index in [0.29, 0.717) is 12.8 Å². The molecule has 1 aromatic heterocycles. The Morgan fingerprint density at radius 3 is 2.35 bits per heavy atom. The molecule has 0 amide bonds. The van der Waals surface area contributed by atoms with Crippen molar-refractivity contribution >= 4 is 10.8 Å². The predicted molar refractivity (Wildman–Crippen MR) is 90.1 cm³/mol. The lowest BCUT2D eigenvalue weighted by atomic mass is 10.0. The molecule has 0 saturated carbocycles. The van der Waals surface area contributed by atoms with Gasteiger partial charge in [0.25, 0.3) is 0 Å². The van der Waals surface area contributed by atoms with E-state index in [2.05, 4.69) is 0 Å². The van der Waals surface area contributed by atoms with Gasteiger partial charge in [0, 0.05) is 12.5 Å². The number of rotatable bonds is 3. The van der Waals surface area contributed by atoms with Gasteiger partial charge in [-0.1, -0.05) is 12.1 Å². The van der Waals surface area contributed by atoms with E-state index in [1.165, 1.54) is 0 Å². The first kappa shape index (κ1) is 16.7. The van der Waals surface area contributed by atoms with Gasteiger partial charge in [-0.05, 0) is 41.6 Å². The number of hydrogen-bond acceptors (Lipinski definition) is 2. The molecule has 4 rings (SSSR count). The molecule has 6 heteroatoms. The summed E-state index contributed by atoms with van der Waals surface area (Å²) in [5.41, 5.74) is 1.35. The summed E-state index contributed by atoms with van der Waals surface area (Å²) in [6, 6.07) is 11.3. The highest BCUT2D eigenvalue weighted by Gasteiger charge is 2.30. The van der Waals surface area contributed by atoms with Crippen molar-refractivity contribution < 1.29 is 27.2 Å². The summed E-state index contributed by atoms with van der Waals surface area (Å²) < 4.78 is 51.0. The second-order valence-corrected chi connectivity index (χ2v) is 6.36. The second-order valence-electron chi connectivity index (χ2n) is 6.36. The van der Waals surface area contributed by atoms with Crippen LogP contribution in [0.3, 0.4) is 0 Å². The summed E-state index contributed by atoms with van der Waals surface area (Å²) in [6.07, 6.45) is -0.964.